The molecular formula is C23H13ClF4N2O4. The van der Waals surface area contributed by atoms with Crippen LogP contribution in [0.2, 0.25) is 5.02 Å². The lowest BCUT2D eigenvalue weighted by Gasteiger charge is -2.13. The maximum Gasteiger partial charge on any atom is 0.417 e. The standard InChI is InChI=1S/C23H13ClF4N2O4/c1-34-13-9-16(25)19-17(10-13)30(29-20(19)11-5-7-12(8-6-11)22(32)33)21(31)18-14(23(26,27)28)3-2-4-15(18)24/h2-10H,1H3,(H,32,33). The monoisotopic (exact) mass is 492 g/mol. The number of methoxy groups -OCH3 is 1. The van der Waals surface area contributed by atoms with Gasteiger partial charge in [-0.1, -0.05) is 29.8 Å². The largest absolute Gasteiger partial charge is 0.497 e. The molecule has 6 nitrogen and oxygen atoms in total. The van der Waals surface area contributed by atoms with E-state index in [9.17, 15) is 22.8 Å². The lowest BCUT2D eigenvalue weighted by molar-refractivity contribution is -0.137. The van der Waals surface area contributed by atoms with Crippen molar-refractivity contribution in [2.45, 2.75) is 6.18 Å². The fourth-order valence-corrected chi connectivity index (χ4v) is 3.76. The van der Waals surface area contributed by atoms with Crippen LogP contribution in [0.25, 0.3) is 22.2 Å². The molecule has 0 spiro atoms. The summed E-state index contributed by atoms with van der Waals surface area (Å²) in [6.07, 6.45) is -4.89. The fourth-order valence-electron chi connectivity index (χ4n) is 3.50. The molecule has 4 aromatic rings. The number of carboxylic acid groups (broad SMARTS) is 1. The Morgan fingerprint density at radius 2 is 1.76 bits per heavy atom. The number of alkyl halides is 3. The minimum absolute atomic E-state index is 0.00179. The van der Waals surface area contributed by atoms with Gasteiger partial charge in [-0.15, -0.1) is 0 Å². The average Bonchev–Trinajstić information content (AvgIpc) is 3.18. The molecule has 0 radical (unpaired) electrons. The summed E-state index contributed by atoms with van der Waals surface area (Å²) in [6, 6.07) is 10.4. The Bertz CT molecular complexity index is 1450. The molecule has 0 saturated carbocycles. The Hall–Kier alpha value is -3.92. The van der Waals surface area contributed by atoms with Gasteiger partial charge in [0.25, 0.3) is 5.91 Å². The molecule has 11 heteroatoms. The van der Waals surface area contributed by atoms with E-state index in [1.165, 1.54) is 37.4 Å². The molecule has 1 aromatic heterocycles. The molecule has 4 rings (SSSR count). The van der Waals surface area contributed by atoms with E-state index in [0.29, 0.717) is 10.7 Å². The zero-order valence-electron chi connectivity index (χ0n) is 17.2. The van der Waals surface area contributed by atoms with Crippen molar-refractivity contribution in [2.24, 2.45) is 0 Å². The van der Waals surface area contributed by atoms with Gasteiger partial charge >= 0.3 is 12.1 Å². The smallest absolute Gasteiger partial charge is 0.417 e. The molecule has 0 aliphatic rings. The summed E-state index contributed by atoms with van der Waals surface area (Å²) in [6.45, 7) is 0. The van der Waals surface area contributed by atoms with Crippen LogP contribution >= 0.6 is 11.6 Å². The second kappa shape index (κ2) is 8.45. The van der Waals surface area contributed by atoms with Gasteiger partial charge in [0.15, 0.2) is 0 Å². The molecule has 0 bridgehead atoms. The van der Waals surface area contributed by atoms with Crippen LogP contribution in [-0.4, -0.2) is 33.9 Å². The lowest BCUT2D eigenvalue weighted by atomic mass is 10.0. The van der Waals surface area contributed by atoms with E-state index < -0.39 is 40.0 Å². The summed E-state index contributed by atoms with van der Waals surface area (Å²) in [5.74, 6) is -3.27. The van der Waals surface area contributed by atoms with Gasteiger partial charge in [0, 0.05) is 17.7 Å². The first-order chi connectivity index (χ1) is 16.0. The molecule has 0 atom stereocenters. The Labute approximate surface area is 193 Å². The number of halogens is 5. The molecule has 0 aliphatic heterocycles. The number of carboxylic acids is 1. The van der Waals surface area contributed by atoms with Crippen LogP contribution in [0.3, 0.4) is 0 Å². The SMILES string of the molecule is COc1cc(F)c2c(-c3ccc(C(=O)O)cc3)nn(C(=O)c3c(Cl)cccc3C(F)(F)F)c2c1. The molecule has 34 heavy (non-hydrogen) atoms. The number of hydrogen-bond acceptors (Lipinski definition) is 4. The molecule has 0 fully saturated rings. The number of aromatic nitrogens is 2. The van der Waals surface area contributed by atoms with Gasteiger partial charge in [-0.2, -0.15) is 23.0 Å². The van der Waals surface area contributed by atoms with E-state index in [4.69, 9.17) is 21.4 Å². The number of rotatable bonds is 4. The summed E-state index contributed by atoms with van der Waals surface area (Å²) in [5, 5.41) is 12.6. The van der Waals surface area contributed by atoms with Crippen LogP contribution in [0, 0.1) is 5.82 Å². The molecule has 0 unspecified atom stereocenters. The van der Waals surface area contributed by atoms with Crippen LogP contribution in [0.15, 0.2) is 54.6 Å². The third-order valence-corrected chi connectivity index (χ3v) is 5.39. The highest BCUT2D eigenvalue weighted by Gasteiger charge is 2.37. The van der Waals surface area contributed by atoms with Gasteiger partial charge in [0.2, 0.25) is 0 Å². The molecule has 174 valence electrons. The van der Waals surface area contributed by atoms with Crippen molar-refractivity contribution in [3.05, 3.63) is 82.1 Å². The van der Waals surface area contributed by atoms with E-state index in [1.807, 2.05) is 0 Å². The van der Waals surface area contributed by atoms with Crippen LogP contribution in [0.1, 0.15) is 26.3 Å². The van der Waals surface area contributed by atoms with Gasteiger partial charge < -0.3 is 9.84 Å². The lowest BCUT2D eigenvalue weighted by Crippen LogP contribution is -2.20. The van der Waals surface area contributed by atoms with Gasteiger partial charge in [-0.3, -0.25) is 4.79 Å². The summed E-state index contributed by atoms with van der Waals surface area (Å²) >= 11 is 5.98. The van der Waals surface area contributed by atoms with Crippen molar-refractivity contribution >= 4 is 34.4 Å². The average molecular weight is 493 g/mol. The Balaban J connectivity index is 2.00. The van der Waals surface area contributed by atoms with E-state index >= 15 is 4.39 Å². The Morgan fingerprint density at radius 1 is 1.09 bits per heavy atom. The van der Waals surface area contributed by atoms with E-state index in [2.05, 4.69) is 5.10 Å². The highest BCUT2D eigenvalue weighted by atomic mass is 35.5. The maximum absolute atomic E-state index is 15.1. The summed E-state index contributed by atoms with van der Waals surface area (Å²) in [4.78, 5) is 24.5. The minimum atomic E-state index is -4.89. The third kappa shape index (κ3) is 3.96. The van der Waals surface area contributed by atoms with Crippen molar-refractivity contribution in [1.29, 1.82) is 0 Å². The number of carbonyl (C=O) groups is 2. The molecule has 1 heterocycles. The molecule has 3 aromatic carbocycles. The number of carbonyl (C=O) groups excluding carboxylic acids is 1. The van der Waals surface area contributed by atoms with Crippen LogP contribution < -0.4 is 4.74 Å². The van der Waals surface area contributed by atoms with Crippen LogP contribution in [0.4, 0.5) is 17.6 Å². The molecular weight excluding hydrogens is 480 g/mol. The molecule has 1 N–H and O–H groups in total. The van der Waals surface area contributed by atoms with Crippen molar-refractivity contribution in [3.63, 3.8) is 0 Å². The number of ether oxygens (including phenoxy) is 1. The number of aromatic carboxylic acids is 1. The van der Waals surface area contributed by atoms with Crippen molar-refractivity contribution in [3.8, 4) is 17.0 Å². The summed E-state index contributed by atoms with van der Waals surface area (Å²) in [7, 11) is 1.25. The number of hydrogen-bond donors (Lipinski definition) is 1. The molecule has 0 aliphatic carbocycles. The fraction of sp³-hybridized carbons (Fsp3) is 0.0870. The normalized spacial score (nSPS) is 11.6. The summed E-state index contributed by atoms with van der Waals surface area (Å²) < 4.78 is 61.5. The zero-order valence-corrected chi connectivity index (χ0v) is 17.9. The Kier molecular flexibility index (Phi) is 5.78. The minimum Gasteiger partial charge on any atom is -0.497 e. The first-order valence-corrected chi connectivity index (χ1v) is 9.91. The van der Waals surface area contributed by atoms with E-state index in [0.717, 1.165) is 18.2 Å². The topological polar surface area (TPSA) is 81.4 Å². The predicted molar refractivity (Wildman–Crippen MR) is 115 cm³/mol. The van der Waals surface area contributed by atoms with Crippen LogP contribution in [-0.2, 0) is 6.18 Å². The molecule has 0 saturated heterocycles. The third-order valence-electron chi connectivity index (χ3n) is 5.07. The van der Waals surface area contributed by atoms with Crippen molar-refractivity contribution in [1.82, 2.24) is 9.78 Å². The first kappa shape index (κ1) is 23.2. The predicted octanol–water partition coefficient (Wildman–Crippen LogP) is 5.91. The zero-order chi connectivity index (χ0) is 24.8. The molecule has 0 amide bonds. The van der Waals surface area contributed by atoms with Crippen molar-refractivity contribution < 1.29 is 37.0 Å². The van der Waals surface area contributed by atoms with Gasteiger partial charge in [0.05, 0.1) is 39.7 Å². The Morgan fingerprint density at radius 3 is 2.35 bits per heavy atom. The van der Waals surface area contributed by atoms with Crippen LogP contribution in [0.5, 0.6) is 5.75 Å². The van der Waals surface area contributed by atoms with Gasteiger partial charge in [-0.05, 0) is 24.3 Å². The quantitative estimate of drug-likeness (QED) is 0.358. The number of fused-ring (bicyclic) bond motifs is 1. The second-order valence-electron chi connectivity index (χ2n) is 7.11. The summed E-state index contributed by atoms with van der Waals surface area (Å²) in [5.41, 5.74) is -2.17. The van der Waals surface area contributed by atoms with E-state index in [1.54, 1.807) is 0 Å². The maximum atomic E-state index is 15.1. The van der Waals surface area contributed by atoms with Crippen molar-refractivity contribution in [2.75, 3.05) is 7.11 Å². The first-order valence-electron chi connectivity index (χ1n) is 9.53. The number of nitrogens with zero attached hydrogens (tertiary/aromatic N) is 2. The van der Waals surface area contributed by atoms with E-state index in [-0.39, 0.29) is 33.5 Å². The highest BCUT2D eigenvalue weighted by Crippen LogP contribution is 2.38. The van der Waals surface area contributed by atoms with Gasteiger partial charge in [0.1, 0.15) is 17.3 Å². The second-order valence-corrected chi connectivity index (χ2v) is 7.52. The number of benzene rings is 3. The van der Waals surface area contributed by atoms with Gasteiger partial charge in [-0.25, -0.2) is 9.18 Å². The highest BCUT2D eigenvalue weighted by molar-refractivity contribution is 6.34.